The Balaban J connectivity index is 1.48. The standard InChI is InChI=1S/C14H17NO2/c16-14(17)5-10-7-15(8-10)9-12-6-11-3-1-2-4-13(11)12/h1-4,10,12H,5-9H2,(H,16,17). The Bertz CT molecular complexity index is 438. The van der Waals surface area contributed by atoms with Crippen molar-refractivity contribution in [2.24, 2.45) is 5.92 Å². The highest BCUT2D eigenvalue weighted by atomic mass is 16.4. The molecule has 1 heterocycles. The minimum absolute atomic E-state index is 0.331. The summed E-state index contributed by atoms with van der Waals surface area (Å²) in [6, 6.07) is 8.63. The third-order valence-corrected chi connectivity index (χ3v) is 3.94. The Morgan fingerprint density at radius 2 is 2.12 bits per heavy atom. The van der Waals surface area contributed by atoms with Crippen LogP contribution in [0, 0.1) is 5.92 Å². The fourth-order valence-corrected chi connectivity index (χ4v) is 3.04. The van der Waals surface area contributed by atoms with Gasteiger partial charge in [0.15, 0.2) is 0 Å². The van der Waals surface area contributed by atoms with E-state index in [9.17, 15) is 4.79 Å². The van der Waals surface area contributed by atoms with Crippen LogP contribution in [0.2, 0.25) is 0 Å². The lowest BCUT2D eigenvalue weighted by molar-refractivity contribution is -0.139. The predicted molar refractivity (Wildman–Crippen MR) is 65.1 cm³/mol. The molecule has 1 aliphatic heterocycles. The van der Waals surface area contributed by atoms with E-state index in [0.29, 0.717) is 18.3 Å². The number of hydrogen-bond acceptors (Lipinski definition) is 2. The predicted octanol–water partition coefficient (Wildman–Crippen LogP) is 1.73. The van der Waals surface area contributed by atoms with Crippen LogP contribution in [0.4, 0.5) is 0 Å². The molecule has 1 N–H and O–H groups in total. The largest absolute Gasteiger partial charge is 0.481 e. The summed E-state index contributed by atoms with van der Waals surface area (Å²) in [6.07, 6.45) is 1.52. The molecule has 1 saturated heterocycles. The van der Waals surface area contributed by atoms with Gasteiger partial charge in [0.25, 0.3) is 0 Å². The van der Waals surface area contributed by atoms with E-state index in [1.54, 1.807) is 0 Å². The maximum atomic E-state index is 10.5. The van der Waals surface area contributed by atoms with E-state index in [1.165, 1.54) is 17.5 Å². The van der Waals surface area contributed by atoms with Crippen molar-refractivity contribution < 1.29 is 9.90 Å². The third kappa shape index (κ3) is 2.07. The molecule has 1 aliphatic carbocycles. The summed E-state index contributed by atoms with van der Waals surface area (Å²) in [6.45, 7) is 3.03. The first kappa shape index (κ1) is 10.8. The average molecular weight is 231 g/mol. The summed E-state index contributed by atoms with van der Waals surface area (Å²) >= 11 is 0. The molecule has 0 aromatic heterocycles. The van der Waals surface area contributed by atoms with Gasteiger partial charge < -0.3 is 10.0 Å². The van der Waals surface area contributed by atoms with E-state index in [0.717, 1.165) is 19.6 Å². The SMILES string of the molecule is O=C(O)CC1CN(CC2Cc3ccccc32)C1. The summed E-state index contributed by atoms with van der Waals surface area (Å²) in [5.74, 6) is 0.392. The fourth-order valence-electron chi connectivity index (χ4n) is 3.04. The summed E-state index contributed by atoms with van der Waals surface area (Å²) in [5.41, 5.74) is 2.98. The van der Waals surface area contributed by atoms with Crippen molar-refractivity contribution in [1.82, 2.24) is 4.90 Å². The van der Waals surface area contributed by atoms with Crippen molar-refractivity contribution in [1.29, 1.82) is 0 Å². The number of likely N-dealkylation sites (tertiary alicyclic amines) is 1. The highest BCUT2D eigenvalue weighted by molar-refractivity contribution is 5.67. The lowest BCUT2D eigenvalue weighted by atomic mass is 9.76. The number of rotatable bonds is 4. The Kier molecular flexibility index (Phi) is 2.63. The normalized spacial score (nSPS) is 23.6. The van der Waals surface area contributed by atoms with Crippen LogP contribution >= 0.6 is 0 Å². The van der Waals surface area contributed by atoms with Gasteiger partial charge in [0, 0.05) is 25.6 Å². The summed E-state index contributed by atoms with van der Waals surface area (Å²) in [5, 5.41) is 8.69. The van der Waals surface area contributed by atoms with Crippen molar-refractivity contribution in [2.75, 3.05) is 19.6 Å². The number of carboxylic acid groups (broad SMARTS) is 1. The van der Waals surface area contributed by atoms with Crippen LogP contribution < -0.4 is 0 Å². The van der Waals surface area contributed by atoms with Gasteiger partial charge in [-0.2, -0.15) is 0 Å². The molecule has 1 aromatic rings. The maximum Gasteiger partial charge on any atom is 0.303 e. The highest BCUT2D eigenvalue weighted by Crippen LogP contribution is 2.36. The minimum atomic E-state index is -0.663. The number of carboxylic acids is 1. The second kappa shape index (κ2) is 4.15. The molecule has 0 radical (unpaired) electrons. The zero-order valence-electron chi connectivity index (χ0n) is 9.80. The number of fused-ring (bicyclic) bond motifs is 1. The topological polar surface area (TPSA) is 40.5 Å². The van der Waals surface area contributed by atoms with Crippen LogP contribution in [0.15, 0.2) is 24.3 Å². The van der Waals surface area contributed by atoms with Crippen LogP contribution in [0.5, 0.6) is 0 Å². The molecular formula is C14H17NO2. The number of aliphatic carboxylic acids is 1. The molecule has 3 nitrogen and oxygen atoms in total. The van der Waals surface area contributed by atoms with Gasteiger partial charge in [0.2, 0.25) is 0 Å². The highest BCUT2D eigenvalue weighted by Gasteiger charge is 2.33. The molecule has 0 amide bonds. The van der Waals surface area contributed by atoms with Gasteiger partial charge in [-0.25, -0.2) is 0 Å². The molecule has 1 atom stereocenters. The Morgan fingerprint density at radius 1 is 1.35 bits per heavy atom. The molecule has 2 aliphatic rings. The number of hydrogen-bond donors (Lipinski definition) is 1. The van der Waals surface area contributed by atoms with Gasteiger partial charge in [-0.15, -0.1) is 0 Å². The van der Waals surface area contributed by atoms with Gasteiger partial charge in [0.1, 0.15) is 0 Å². The Hall–Kier alpha value is -1.35. The monoisotopic (exact) mass is 231 g/mol. The van der Waals surface area contributed by atoms with Gasteiger partial charge in [-0.1, -0.05) is 24.3 Å². The summed E-state index contributed by atoms with van der Waals surface area (Å²) in [4.78, 5) is 12.9. The number of carbonyl (C=O) groups is 1. The van der Waals surface area contributed by atoms with Crippen LogP contribution in [-0.4, -0.2) is 35.6 Å². The van der Waals surface area contributed by atoms with E-state index in [-0.39, 0.29) is 0 Å². The second-order valence-electron chi connectivity index (χ2n) is 5.28. The third-order valence-electron chi connectivity index (χ3n) is 3.94. The minimum Gasteiger partial charge on any atom is -0.481 e. The molecule has 17 heavy (non-hydrogen) atoms. The van der Waals surface area contributed by atoms with Crippen LogP contribution in [0.1, 0.15) is 23.5 Å². The summed E-state index contributed by atoms with van der Waals surface area (Å²) in [7, 11) is 0. The molecule has 3 heteroatoms. The van der Waals surface area contributed by atoms with Gasteiger partial charge in [-0.05, 0) is 23.5 Å². The first-order chi connectivity index (χ1) is 8.22. The molecule has 90 valence electrons. The van der Waals surface area contributed by atoms with Crippen molar-refractivity contribution in [2.45, 2.75) is 18.8 Å². The van der Waals surface area contributed by atoms with Gasteiger partial charge in [0.05, 0.1) is 6.42 Å². The molecule has 0 bridgehead atoms. The van der Waals surface area contributed by atoms with Crippen molar-refractivity contribution in [3.8, 4) is 0 Å². The molecule has 1 aromatic carbocycles. The second-order valence-corrected chi connectivity index (χ2v) is 5.28. The van der Waals surface area contributed by atoms with Crippen molar-refractivity contribution in [3.05, 3.63) is 35.4 Å². The van der Waals surface area contributed by atoms with Crippen molar-refractivity contribution >= 4 is 5.97 Å². The zero-order valence-corrected chi connectivity index (χ0v) is 9.80. The Labute approximate surface area is 101 Å². The lowest BCUT2D eigenvalue weighted by Crippen LogP contribution is -2.49. The molecule has 1 unspecified atom stereocenters. The first-order valence-corrected chi connectivity index (χ1v) is 6.24. The van der Waals surface area contributed by atoms with E-state index in [1.807, 2.05) is 0 Å². The van der Waals surface area contributed by atoms with Gasteiger partial charge >= 0.3 is 5.97 Å². The van der Waals surface area contributed by atoms with Gasteiger partial charge in [-0.3, -0.25) is 4.79 Å². The van der Waals surface area contributed by atoms with E-state index >= 15 is 0 Å². The number of benzene rings is 1. The van der Waals surface area contributed by atoms with E-state index < -0.39 is 5.97 Å². The lowest BCUT2D eigenvalue weighted by Gasteiger charge is -2.43. The molecular weight excluding hydrogens is 214 g/mol. The van der Waals surface area contributed by atoms with E-state index in [4.69, 9.17) is 5.11 Å². The molecule has 0 spiro atoms. The zero-order chi connectivity index (χ0) is 11.8. The van der Waals surface area contributed by atoms with Crippen LogP contribution in [-0.2, 0) is 11.2 Å². The maximum absolute atomic E-state index is 10.5. The van der Waals surface area contributed by atoms with Crippen molar-refractivity contribution in [3.63, 3.8) is 0 Å². The van der Waals surface area contributed by atoms with E-state index in [2.05, 4.69) is 29.2 Å². The smallest absolute Gasteiger partial charge is 0.303 e. The average Bonchev–Trinajstić information content (AvgIpc) is 2.21. The molecule has 1 fully saturated rings. The van der Waals surface area contributed by atoms with Crippen LogP contribution in [0.25, 0.3) is 0 Å². The quantitative estimate of drug-likeness (QED) is 0.858. The molecule has 3 rings (SSSR count). The molecule has 0 saturated carbocycles. The fraction of sp³-hybridized carbons (Fsp3) is 0.500. The first-order valence-electron chi connectivity index (χ1n) is 6.24. The number of nitrogens with zero attached hydrogens (tertiary/aromatic N) is 1. The Morgan fingerprint density at radius 3 is 2.82 bits per heavy atom. The van der Waals surface area contributed by atoms with Crippen LogP contribution in [0.3, 0.4) is 0 Å². The summed E-state index contributed by atoms with van der Waals surface area (Å²) < 4.78 is 0.